The van der Waals surface area contributed by atoms with E-state index in [1.807, 2.05) is 13.1 Å². The number of hydrogen-bond donors (Lipinski definition) is 2. The minimum absolute atomic E-state index is 0.695. The van der Waals surface area contributed by atoms with Gasteiger partial charge in [0.05, 0.1) is 11.6 Å². The molecule has 0 unspecified atom stereocenters. The Balaban J connectivity index is 2.52. The van der Waals surface area contributed by atoms with Gasteiger partial charge < -0.3 is 10.6 Å². The number of aryl methyl sites for hydroxylation is 1. The molecule has 1 rings (SSSR count). The van der Waals surface area contributed by atoms with Crippen molar-refractivity contribution in [2.75, 3.05) is 13.1 Å². The van der Waals surface area contributed by atoms with Crippen LogP contribution in [0.15, 0.2) is 11.2 Å². The molecule has 0 aromatic carbocycles. The van der Waals surface area contributed by atoms with Gasteiger partial charge in [-0.2, -0.15) is 0 Å². The molecule has 1 heterocycles. The van der Waals surface area contributed by atoms with Crippen LogP contribution in [-0.2, 0) is 6.54 Å². The van der Waals surface area contributed by atoms with Crippen molar-refractivity contribution in [2.24, 2.45) is 4.99 Å². The molecule has 0 saturated heterocycles. The highest BCUT2D eigenvalue weighted by Crippen LogP contribution is 2.11. The Morgan fingerprint density at radius 3 is 2.53 bits per heavy atom. The van der Waals surface area contributed by atoms with Crippen LogP contribution >= 0.6 is 11.3 Å². The van der Waals surface area contributed by atoms with Crippen molar-refractivity contribution in [1.29, 1.82) is 0 Å². The number of nitrogens with zero attached hydrogens (tertiary/aromatic N) is 2. The number of guanidine groups is 1. The Kier molecular flexibility index (Phi) is 5.10. The maximum atomic E-state index is 4.45. The SMILES string of the molecule is CCNC(=NCc1cnc(C)s1)NCC. The van der Waals surface area contributed by atoms with Gasteiger partial charge in [-0.3, -0.25) is 0 Å². The molecule has 0 saturated carbocycles. The Labute approximate surface area is 94.8 Å². The van der Waals surface area contributed by atoms with E-state index < -0.39 is 0 Å². The largest absolute Gasteiger partial charge is 0.357 e. The lowest BCUT2D eigenvalue weighted by molar-refractivity contribution is 0.841. The highest BCUT2D eigenvalue weighted by Gasteiger charge is 1.98. The molecule has 15 heavy (non-hydrogen) atoms. The fraction of sp³-hybridized carbons (Fsp3) is 0.600. The molecule has 0 atom stereocenters. The molecule has 84 valence electrons. The van der Waals surface area contributed by atoms with E-state index >= 15 is 0 Å². The lowest BCUT2D eigenvalue weighted by Crippen LogP contribution is -2.36. The third-order valence-electron chi connectivity index (χ3n) is 1.75. The van der Waals surface area contributed by atoms with Crippen LogP contribution in [0.2, 0.25) is 0 Å². The predicted molar refractivity (Wildman–Crippen MR) is 65.3 cm³/mol. The molecular weight excluding hydrogens is 208 g/mol. The fourth-order valence-corrected chi connectivity index (χ4v) is 1.86. The van der Waals surface area contributed by atoms with Crippen molar-refractivity contribution in [3.05, 3.63) is 16.1 Å². The van der Waals surface area contributed by atoms with Gasteiger partial charge in [-0.15, -0.1) is 11.3 Å². The van der Waals surface area contributed by atoms with Crippen LogP contribution < -0.4 is 10.6 Å². The van der Waals surface area contributed by atoms with E-state index in [2.05, 4.69) is 34.5 Å². The summed E-state index contributed by atoms with van der Waals surface area (Å²) < 4.78 is 0. The number of rotatable bonds is 4. The number of hydrogen-bond acceptors (Lipinski definition) is 3. The van der Waals surface area contributed by atoms with Gasteiger partial charge in [0.2, 0.25) is 0 Å². The second-order valence-electron chi connectivity index (χ2n) is 3.07. The van der Waals surface area contributed by atoms with E-state index in [1.165, 1.54) is 4.88 Å². The van der Waals surface area contributed by atoms with Crippen LogP contribution in [-0.4, -0.2) is 24.0 Å². The van der Waals surface area contributed by atoms with Gasteiger partial charge in [0.15, 0.2) is 5.96 Å². The topological polar surface area (TPSA) is 49.3 Å². The average Bonchev–Trinajstić information content (AvgIpc) is 2.61. The second kappa shape index (κ2) is 6.40. The summed E-state index contributed by atoms with van der Waals surface area (Å²) in [7, 11) is 0. The Morgan fingerprint density at radius 1 is 1.40 bits per heavy atom. The van der Waals surface area contributed by atoms with Crippen LogP contribution in [0.1, 0.15) is 23.7 Å². The average molecular weight is 226 g/mol. The predicted octanol–water partition coefficient (Wildman–Crippen LogP) is 1.53. The molecule has 0 aliphatic heterocycles. The summed E-state index contributed by atoms with van der Waals surface area (Å²) in [6.45, 7) is 8.59. The Bertz CT molecular complexity index is 311. The van der Waals surface area contributed by atoms with Gasteiger partial charge in [0.1, 0.15) is 0 Å². The number of thiazole rings is 1. The third kappa shape index (κ3) is 4.29. The van der Waals surface area contributed by atoms with Crippen molar-refractivity contribution in [2.45, 2.75) is 27.3 Å². The van der Waals surface area contributed by atoms with Crippen molar-refractivity contribution in [3.63, 3.8) is 0 Å². The van der Waals surface area contributed by atoms with E-state index in [1.54, 1.807) is 11.3 Å². The van der Waals surface area contributed by atoms with Gasteiger partial charge in [0, 0.05) is 24.2 Å². The molecule has 1 aromatic heterocycles. The summed E-state index contributed by atoms with van der Waals surface area (Å²) in [6, 6.07) is 0. The summed E-state index contributed by atoms with van der Waals surface area (Å²) in [6.07, 6.45) is 1.89. The first-order valence-electron chi connectivity index (χ1n) is 5.19. The number of aromatic nitrogens is 1. The first-order chi connectivity index (χ1) is 7.26. The molecular formula is C10H18N4S. The van der Waals surface area contributed by atoms with Crippen molar-refractivity contribution >= 4 is 17.3 Å². The van der Waals surface area contributed by atoms with Gasteiger partial charge in [-0.1, -0.05) is 0 Å². The van der Waals surface area contributed by atoms with Gasteiger partial charge in [-0.05, 0) is 20.8 Å². The van der Waals surface area contributed by atoms with Gasteiger partial charge in [-0.25, -0.2) is 9.98 Å². The molecule has 5 heteroatoms. The van der Waals surface area contributed by atoms with E-state index in [0.29, 0.717) is 6.54 Å². The fourth-order valence-electron chi connectivity index (χ4n) is 1.14. The molecule has 2 N–H and O–H groups in total. The highest BCUT2D eigenvalue weighted by molar-refractivity contribution is 7.11. The second-order valence-corrected chi connectivity index (χ2v) is 4.39. The van der Waals surface area contributed by atoms with E-state index in [-0.39, 0.29) is 0 Å². The summed E-state index contributed by atoms with van der Waals surface area (Å²) in [4.78, 5) is 9.84. The third-order valence-corrected chi connectivity index (χ3v) is 2.65. The Hall–Kier alpha value is -1.10. The summed E-state index contributed by atoms with van der Waals surface area (Å²) in [5, 5.41) is 7.46. The number of nitrogens with one attached hydrogen (secondary N) is 2. The molecule has 0 fully saturated rings. The normalized spacial score (nSPS) is 9.80. The highest BCUT2D eigenvalue weighted by atomic mass is 32.1. The van der Waals surface area contributed by atoms with Crippen LogP contribution in [0.3, 0.4) is 0 Å². The maximum Gasteiger partial charge on any atom is 0.191 e. The quantitative estimate of drug-likeness (QED) is 0.604. The van der Waals surface area contributed by atoms with Gasteiger partial charge in [0.25, 0.3) is 0 Å². The maximum absolute atomic E-state index is 4.45. The van der Waals surface area contributed by atoms with E-state index in [0.717, 1.165) is 24.1 Å². The molecule has 0 amide bonds. The van der Waals surface area contributed by atoms with E-state index in [4.69, 9.17) is 0 Å². The number of aliphatic imine (C=N–C) groups is 1. The minimum atomic E-state index is 0.695. The van der Waals surface area contributed by atoms with Crippen LogP contribution in [0.5, 0.6) is 0 Å². The Morgan fingerprint density at radius 2 is 2.07 bits per heavy atom. The summed E-state index contributed by atoms with van der Waals surface area (Å²) in [5.74, 6) is 0.867. The van der Waals surface area contributed by atoms with Crippen LogP contribution in [0.25, 0.3) is 0 Å². The van der Waals surface area contributed by atoms with Gasteiger partial charge >= 0.3 is 0 Å². The van der Waals surface area contributed by atoms with Crippen LogP contribution in [0, 0.1) is 6.92 Å². The monoisotopic (exact) mass is 226 g/mol. The van der Waals surface area contributed by atoms with Crippen molar-refractivity contribution < 1.29 is 0 Å². The first kappa shape index (κ1) is 12.0. The zero-order valence-corrected chi connectivity index (χ0v) is 10.3. The minimum Gasteiger partial charge on any atom is -0.357 e. The zero-order chi connectivity index (χ0) is 11.1. The molecule has 0 radical (unpaired) electrons. The first-order valence-corrected chi connectivity index (χ1v) is 6.01. The van der Waals surface area contributed by atoms with Crippen molar-refractivity contribution in [3.8, 4) is 0 Å². The van der Waals surface area contributed by atoms with Crippen LogP contribution in [0.4, 0.5) is 0 Å². The summed E-state index contributed by atoms with van der Waals surface area (Å²) in [5.41, 5.74) is 0. The molecule has 4 nitrogen and oxygen atoms in total. The molecule has 0 spiro atoms. The lowest BCUT2D eigenvalue weighted by atomic mass is 10.5. The molecule has 1 aromatic rings. The molecule has 0 aliphatic carbocycles. The standard InChI is InChI=1S/C10H18N4S/c1-4-11-10(12-5-2)14-7-9-6-13-8(3)15-9/h6H,4-5,7H2,1-3H3,(H2,11,12,14). The van der Waals surface area contributed by atoms with E-state index in [9.17, 15) is 0 Å². The smallest absolute Gasteiger partial charge is 0.191 e. The zero-order valence-electron chi connectivity index (χ0n) is 9.50. The lowest BCUT2D eigenvalue weighted by Gasteiger charge is -2.08. The molecule has 0 bridgehead atoms. The summed E-state index contributed by atoms with van der Waals surface area (Å²) >= 11 is 1.69. The van der Waals surface area contributed by atoms with Crippen molar-refractivity contribution in [1.82, 2.24) is 15.6 Å². The molecule has 0 aliphatic rings.